The highest BCUT2D eigenvalue weighted by Gasteiger charge is 2.24. The van der Waals surface area contributed by atoms with Crippen LogP contribution in [0.2, 0.25) is 0 Å². The Kier molecular flexibility index (Phi) is 10.2. The number of hydrogen-bond donors (Lipinski definition) is 3. The molecule has 6 nitrogen and oxygen atoms in total. The lowest BCUT2D eigenvalue weighted by molar-refractivity contribution is -0.118. The summed E-state index contributed by atoms with van der Waals surface area (Å²) in [6, 6.07) is -0.00621. The van der Waals surface area contributed by atoms with Gasteiger partial charge in [0.25, 0.3) is 0 Å². The summed E-state index contributed by atoms with van der Waals surface area (Å²) in [6.45, 7) is 3.48. The van der Waals surface area contributed by atoms with E-state index in [1.165, 1.54) is 0 Å². The second kappa shape index (κ2) is 10.4. The molecule has 0 bridgehead atoms. The molecule has 0 aromatic carbocycles. The molecular weight excluding hydrogens is 314 g/mol. The molecule has 1 amide bonds. The Hall–Kier alpha value is -0.370. The first-order valence-corrected chi connectivity index (χ1v) is 8.99. The van der Waals surface area contributed by atoms with Crippen molar-refractivity contribution in [2.24, 2.45) is 5.92 Å². The fraction of sp³-hybridized carbons (Fsp3) is 0.923. The minimum atomic E-state index is -3.52. The van der Waals surface area contributed by atoms with E-state index in [1.54, 1.807) is 0 Å². The van der Waals surface area contributed by atoms with Crippen molar-refractivity contribution in [2.45, 2.75) is 45.1 Å². The van der Waals surface area contributed by atoms with Crippen LogP contribution in [0.15, 0.2) is 0 Å². The third-order valence-corrected chi connectivity index (χ3v) is 4.94. The van der Waals surface area contributed by atoms with Crippen molar-refractivity contribution in [3.8, 4) is 0 Å². The monoisotopic (exact) mass is 341 g/mol. The molecule has 1 saturated carbocycles. The summed E-state index contributed by atoms with van der Waals surface area (Å²) in [5.41, 5.74) is 0. The first-order valence-electron chi connectivity index (χ1n) is 7.34. The summed E-state index contributed by atoms with van der Waals surface area (Å²) in [4.78, 5) is 11.6. The second-order valence-electron chi connectivity index (χ2n) is 5.64. The predicted molar refractivity (Wildman–Crippen MR) is 87.1 cm³/mol. The van der Waals surface area contributed by atoms with Gasteiger partial charge in [-0.25, -0.2) is 13.1 Å². The fourth-order valence-electron chi connectivity index (χ4n) is 2.39. The molecule has 0 aliphatic heterocycles. The van der Waals surface area contributed by atoms with Crippen molar-refractivity contribution in [1.29, 1.82) is 0 Å². The number of carbonyl (C=O) groups is 1. The molecule has 1 rings (SSSR count). The first kappa shape index (κ1) is 20.6. The van der Waals surface area contributed by atoms with Gasteiger partial charge in [-0.1, -0.05) is 6.92 Å². The first-order chi connectivity index (χ1) is 9.43. The maximum Gasteiger partial charge on any atom is 0.236 e. The molecular formula is C13H28ClN3O3S. The Morgan fingerprint density at radius 2 is 1.76 bits per heavy atom. The molecule has 8 heteroatoms. The van der Waals surface area contributed by atoms with E-state index in [1.807, 2.05) is 7.05 Å². The minimum Gasteiger partial charge on any atom is -0.355 e. The third-order valence-electron chi connectivity index (χ3n) is 3.61. The normalized spacial score (nSPS) is 22.4. The lowest BCUT2D eigenvalue weighted by atomic mass is 9.88. The van der Waals surface area contributed by atoms with E-state index in [2.05, 4.69) is 22.3 Å². The van der Waals surface area contributed by atoms with Crippen molar-refractivity contribution in [2.75, 3.05) is 25.9 Å². The Balaban J connectivity index is 0.00000400. The Morgan fingerprint density at radius 1 is 1.14 bits per heavy atom. The standard InChI is InChI=1S/C13H27N3O3S.ClH/c1-11-4-6-12(7-5-11)16-20(18,19)10-13(17)15-9-3-8-14-2;/h11-12,14,16H,3-10H2,1-2H3,(H,15,17);1H. The number of carbonyl (C=O) groups excluding carboxylic acids is 1. The van der Waals surface area contributed by atoms with Gasteiger partial charge in [-0.15, -0.1) is 12.4 Å². The average molecular weight is 342 g/mol. The highest BCUT2D eigenvalue weighted by atomic mass is 35.5. The van der Waals surface area contributed by atoms with Gasteiger partial charge in [-0.3, -0.25) is 4.79 Å². The molecule has 0 saturated heterocycles. The summed E-state index contributed by atoms with van der Waals surface area (Å²) >= 11 is 0. The second-order valence-corrected chi connectivity index (χ2v) is 7.39. The molecule has 1 fully saturated rings. The maximum atomic E-state index is 11.9. The van der Waals surface area contributed by atoms with Crippen LogP contribution in [0.3, 0.4) is 0 Å². The SMILES string of the molecule is CNCCCNC(=O)CS(=O)(=O)NC1CCC(C)CC1.Cl. The minimum absolute atomic E-state index is 0. The lowest BCUT2D eigenvalue weighted by Gasteiger charge is -2.26. The van der Waals surface area contributed by atoms with Crippen molar-refractivity contribution >= 4 is 28.3 Å². The van der Waals surface area contributed by atoms with Gasteiger partial charge >= 0.3 is 0 Å². The number of amides is 1. The topological polar surface area (TPSA) is 87.3 Å². The van der Waals surface area contributed by atoms with Gasteiger partial charge in [0.15, 0.2) is 0 Å². The smallest absolute Gasteiger partial charge is 0.236 e. The van der Waals surface area contributed by atoms with Crippen molar-refractivity contribution in [1.82, 2.24) is 15.4 Å². The van der Waals surface area contributed by atoms with Crippen LogP contribution in [0, 0.1) is 5.92 Å². The quantitative estimate of drug-likeness (QED) is 0.565. The summed E-state index contributed by atoms with van der Waals surface area (Å²) in [6.07, 6.45) is 4.61. The van der Waals surface area contributed by atoms with Crippen LogP contribution in [0.4, 0.5) is 0 Å². The van der Waals surface area contributed by atoms with E-state index < -0.39 is 21.7 Å². The van der Waals surface area contributed by atoms with E-state index in [-0.39, 0.29) is 18.4 Å². The van der Waals surface area contributed by atoms with Gasteiger partial charge in [0, 0.05) is 12.6 Å². The van der Waals surface area contributed by atoms with Gasteiger partial charge in [-0.2, -0.15) is 0 Å². The molecule has 0 unspecified atom stereocenters. The number of halogens is 1. The predicted octanol–water partition coefficient (Wildman–Crippen LogP) is 0.632. The summed E-state index contributed by atoms with van der Waals surface area (Å²) in [5.74, 6) is -0.234. The number of nitrogens with one attached hydrogen (secondary N) is 3. The van der Waals surface area contributed by atoms with Gasteiger partial charge in [0.1, 0.15) is 5.75 Å². The summed E-state index contributed by atoms with van der Waals surface area (Å²) < 4.78 is 26.4. The van der Waals surface area contributed by atoms with Gasteiger partial charge < -0.3 is 10.6 Å². The Morgan fingerprint density at radius 3 is 2.33 bits per heavy atom. The number of rotatable bonds is 8. The number of hydrogen-bond acceptors (Lipinski definition) is 4. The lowest BCUT2D eigenvalue weighted by Crippen LogP contribution is -2.42. The van der Waals surface area contributed by atoms with E-state index >= 15 is 0 Å². The Labute approximate surface area is 134 Å². The molecule has 1 aliphatic rings. The molecule has 0 aromatic heterocycles. The van der Waals surface area contributed by atoms with Crippen LogP contribution < -0.4 is 15.4 Å². The van der Waals surface area contributed by atoms with Crippen LogP contribution in [-0.4, -0.2) is 46.3 Å². The van der Waals surface area contributed by atoms with Gasteiger partial charge in [-0.05, 0) is 51.6 Å². The molecule has 0 radical (unpaired) electrons. The van der Waals surface area contributed by atoms with E-state index in [0.717, 1.165) is 38.6 Å². The third kappa shape index (κ3) is 9.29. The van der Waals surface area contributed by atoms with Crippen LogP contribution in [0.5, 0.6) is 0 Å². The van der Waals surface area contributed by atoms with Crippen LogP contribution >= 0.6 is 12.4 Å². The van der Waals surface area contributed by atoms with Crippen LogP contribution in [0.25, 0.3) is 0 Å². The van der Waals surface area contributed by atoms with Crippen LogP contribution in [0.1, 0.15) is 39.0 Å². The molecule has 0 heterocycles. The largest absolute Gasteiger partial charge is 0.355 e. The molecule has 0 spiro atoms. The molecule has 0 atom stereocenters. The average Bonchev–Trinajstić information content (AvgIpc) is 2.36. The zero-order chi connectivity index (χ0) is 15.0. The van der Waals surface area contributed by atoms with Gasteiger partial charge in [0.05, 0.1) is 0 Å². The Bertz CT molecular complexity index is 395. The maximum absolute atomic E-state index is 11.9. The fourth-order valence-corrected chi connectivity index (χ4v) is 3.66. The molecule has 3 N–H and O–H groups in total. The van der Waals surface area contributed by atoms with Crippen LogP contribution in [-0.2, 0) is 14.8 Å². The zero-order valence-corrected chi connectivity index (χ0v) is 14.5. The van der Waals surface area contributed by atoms with E-state index in [4.69, 9.17) is 0 Å². The zero-order valence-electron chi connectivity index (χ0n) is 12.9. The van der Waals surface area contributed by atoms with E-state index in [0.29, 0.717) is 12.5 Å². The summed E-state index contributed by atoms with van der Waals surface area (Å²) in [7, 11) is -1.68. The van der Waals surface area contributed by atoms with Crippen molar-refractivity contribution in [3.05, 3.63) is 0 Å². The highest BCUT2D eigenvalue weighted by Crippen LogP contribution is 2.23. The molecule has 126 valence electrons. The van der Waals surface area contributed by atoms with E-state index in [9.17, 15) is 13.2 Å². The highest BCUT2D eigenvalue weighted by molar-refractivity contribution is 7.90. The van der Waals surface area contributed by atoms with Crippen molar-refractivity contribution in [3.63, 3.8) is 0 Å². The summed E-state index contributed by atoms with van der Waals surface area (Å²) in [5, 5.41) is 5.59. The van der Waals surface area contributed by atoms with Crippen molar-refractivity contribution < 1.29 is 13.2 Å². The number of sulfonamides is 1. The molecule has 0 aromatic rings. The van der Waals surface area contributed by atoms with Gasteiger partial charge in [0.2, 0.25) is 15.9 Å². The molecule has 1 aliphatic carbocycles. The molecule has 21 heavy (non-hydrogen) atoms.